The van der Waals surface area contributed by atoms with Crippen molar-refractivity contribution in [2.24, 2.45) is 0 Å². The molecule has 13 fully saturated rings. The predicted octanol–water partition coefficient (Wildman–Crippen LogP) is 13.5. The third-order valence-corrected chi connectivity index (χ3v) is 52.8. The van der Waals surface area contributed by atoms with E-state index in [9.17, 15) is 9.59 Å². The van der Waals surface area contributed by atoms with Crippen molar-refractivity contribution in [1.82, 2.24) is 0 Å². The Balaban J connectivity index is 1.20. The molecule has 4 bridgehead atoms. The van der Waals surface area contributed by atoms with Gasteiger partial charge in [-0.2, -0.15) is 0 Å². The SMILES string of the molecule is O[Si]1(C2CCCCC2)O[Si](C2CCCCC2)O[Si]2(C3CCCCC3)O[Si](O)(C3CCCCC3)O[Si]3(C4CCCCC4)O[Si](C4CCCCC4)(O[Si](C4CCCCC4)O[Si](C4CCCCC4)(O2)O3)O1. The van der Waals surface area contributed by atoms with Gasteiger partial charge in [0.05, 0.1) is 0 Å². The summed E-state index contributed by atoms with van der Waals surface area (Å²) in [6.45, 7) is 0. The number of fused-ring (bicyclic) bond motifs is 4. The summed E-state index contributed by atoms with van der Waals surface area (Å²) in [5.74, 6) is 0. The number of hydrogen-bond donors (Lipinski definition) is 2. The van der Waals surface area contributed by atoms with Crippen molar-refractivity contribution in [2.45, 2.75) is 301 Å². The molecule has 12 nitrogen and oxygen atoms in total. The Kier molecular flexibility index (Phi) is 17.0. The molecule has 2 radical (unpaired) electrons. The van der Waals surface area contributed by atoms with Gasteiger partial charge in [0, 0.05) is 44.3 Å². The van der Waals surface area contributed by atoms with Crippen LogP contribution in [0.3, 0.4) is 0 Å². The minimum Gasteiger partial charge on any atom is -0.393 e. The predicted molar refractivity (Wildman–Crippen MR) is 276 cm³/mol. The van der Waals surface area contributed by atoms with Crippen LogP contribution in [0.25, 0.3) is 0 Å². The number of hydrogen-bond acceptors (Lipinski definition) is 12. The molecule has 5 heterocycles. The Labute approximate surface area is 421 Å². The highest BCUT2D eigenvalue weighted by atomic mass is 28.6. The van der Waals surface area contributed by atoms with Crippen molar-refractivity contribution in [1.29, 1.82) is 0 Å². The highest BCUT2D eigenvalue weighted by molar-refractivity contribution is 6.97. The second-order valence-electron chi connectivity index (χ2n) is 24.0. The van der Waals surface area contributed by atoms with E-state index in [4.69, 9.17) is 41.2 Å². The van der Waals surface area contributed by atoms with E-state index in [-0.39, 0.29) is 44.3 Å². The molecule has 2 N–H and O–H groups in total. The molecule has 0 aromatic rings. The molecule has 5 aliphatic heterocycles. The zero-order chi connectivity index (χ0) is 46.1. The molecule has 6 atom stereocenters. The summed E-state index contributed by atoms with van der Waals surface area (Å²) in [6, 6.07) is 0. The van der Waals surface area contributed by atoms with Crippen LogP contribution in [0.2, 0.25) is 44.3 Å². The van der Waals surface area contributed by atoms with E-state index in [1.165, 1.54) is 32.1 Å². The van der Waals surface area contributed by atoms with E-state index in [1.807, 2.05) is 0 Å². The maximum atomic E-state index is 14.4. The molecule has 8 saturated carbocycles. The summed E-state index contributed by atoms with van der Waals surface area (Å²) in [7, 11) is -29.6. The van der Waals surface area contributed by atoms with Crippen molar-refractivity contribution < 1.29 is 50.7 Å². The van der Waals surface area contributed by atoms with Gasteiger partial charge in [-0.1, -0.05) is 154 Å². The Hall–Kier alpha value is 1.26. The van der Waals surface area contributed by atoms with E-state index in [1.54, 1.807) is 0 Å². The first kappa shape index (κ1) is 51.4. The fourth-order valence-electron chi connectivity index (χ4n) is 15.2. The van der Waals surface area contributed by atoms with E-state index in [0.29, 0.717) is 0 Å². The molecular formula is C48H90O12Si8. The van der Waals surface area contributed by atoms with Crippen LogP contribution in [-0.2, 0) is 41.2 Å². The van der Waals surface area contributed by atoms with Gasteiger partial charge in [-0.15, -0.1) is 0 Å². The van der Waals surface area contributed by atoms with Gasteiger partial charge < -0.3 is 50.7 Å². The summed E-state index contributed by atoms with van der Waals surface area (Å²) in [6.07, 6.45) is 41.6. The van der Waals surface area contributed by atoms with Gasteiger partial charge in [0.25, 0.3) is 0 Å². The van der Waals surface area contributed by atoms with E-state index < -0.39 is 71.4 Å². The van der Waals surface area contributed by atoms with Crippen LogP contribution in [0.1, 0.15) is 257 Å². The first-order chi connectivity index (χ1) is 33.2. The Morgan fingerprint density at radius 3 is 0.838 bits per heavy atom. The van der Waals surface area contributed by atoms with Crippen LogP contribution < -0.4 is 0 Å². The second kappa shape index (κ2) is 22.5. The van der Waals surface area contributed by atoms with Crippen molar-refractivity contribution in [3.05, 3.63) is 0 Å². The molecule has 6 unspecified atom stereocenters. The van der Waals surface area contributed by atoms with Gasteiger partial charge in [-0.3, -0.25) is 0 Å². The lowest BCUT2D eigenvalue weighted by atomic mass is 10.0. The summed E-state index contributed by atoms with van der Waals surface area (Å²) in [5, 5.41) is 0. The lowest BCUT2D eigenvalue weighted by Gasteiger charge is -2.60. The van der Waals surface area contributed by atoms with Crippen molar-refractivity contribution in [3.63, 3.8) is 0 Å². The second-order valence-corrected chi connectivity index (χ2v) is 47.3. The van der Waals surface area contributed by atoms with E-state index in [0.717, 1.165) is 225 Å². The van der Waals surface area contributed by atoms with Gasteiger partial charge in [-0.05, 0) is 103 Å². The highest BCUT2D eigenvalue weighted by Crippen LogP contribution is 2.59. The fourth-order valence-corrected chi connectivity index (χ4v) is 59.9. The van der Waals surface area contributed by atoms with Crippen LogP contribution >= 0.6 is 0 Å². The molecule has 0 amide bonds. The van der Waals surface area contributed by atoms with Crippen LogP contribution in [-0.4, -0.2) is 81.0 Å². The zero-order valence-electron chi connectivity index (χ0n) is 41.9. The molecule has 0 aromatic heterocycles. The molecule has 0 aromatic carbocycles. The molecule has 13 aliphatic rings. The van der Waals surface area contributed by atoms with Gasteiger partial charge >= 0.3 is 71.4 Å². The van der Waals surface area contributed by atoms with Crippen LogP contribution in [0.4, 0.5) is 0 Å². The minimum atomic E-state index is -4.31. The van der Waals surface area contributed by atoms with Crippen LogP contribution in [0, 0.1) is 0 Å². The van der Waals surface area contributed by atoms with E-state index >= 15 is 0 Å². The van der Waals surface area contributed by atoms with E-state index in [2.05, 4.69) is 0 Å². The molecule has 20 heteroatoms. The Morgan fingerprint density at radius 2 is 0.471 bits per heavy atom. The average molecular weight is 1080 g/mol. The van der Waals surface area contributed by atoms with Crippen molar-refractivity contribution in [2.75, 3.05) is 0 Å². The van der Waals surface area contributed by atoms with Gasteiger partial charge in [0.1, 0.15) is 0 Å². The molecule has 386 valence electrons. The van der Waals surface area contributed by atoms with Gasteiger partial charge in [0.2, 0.25) is 0 Å². The topological polar surface area (TPSA) is 133 Å². The zero-order valence-corrected chi connectivity index (χ0v) is 49.9. The quantitative estimate of drug-likeness (QED) is 0.224. The van der Waals surface area contributed by atoms with Crippen LogP contribution in [0.5, 0.6) is 0 Å². The van der Waals surface area contributed by atoms with Gasteiger partial charge in [-0.25, -0.2) is 0 Å². The first-order valence-electron chi connectivity index (χ1n) is 29.4. The Morgan fingerprint density at radius 1 is 0.235 bits per heavy atom. The third kappa shape index (κ3) is 10.8. The molecule has 0 spiro atoms. The maximum Gasteiger partial charge on any atom is 0.486 e. The van der Waals surface area contributed by atoms with Crippen LogP contribution in [0.15, 0.2) is 0 Å². The Bertz CT molecular complexity index is 1600. The third-order valence-electron chi connectivity index (χ3n) is 19.2. The average Bonchev–Trinajstić information content (AvgIpc) is 3.39. The molecule has 13 rings (SSSR count). The van der Waals surface area contributed by atoms with Crippen molar-refractivity contribution >= 4 is 71.4 Å². The maximum absolute atomic E-state index is 14.4. The summed E-state index contributed by atoms with van der Waals surface area (Å²) in [5.41, 5.74) is -0.120. The number of rotatable bonds is 8. The summed E-state index contributed by atoms with van der Waals surface area (Å²) in [4.78, 5) is 28.7. The molecule has 8 aliphatic carbocycles. The summed E-state index contributed by atoms with van der Waals surface area (Å²) >= 11 is 0. The monoisotopic (exact) mass is 1080 g/mol. The largest absolute Gasteiger partial charge is 0.486 e. The lowest BCUT2D eigenvalue weighted by molar-refractivity contribution is 0.0117. The molecular weight excluding hydrogens is 993 g/mol. The summed E-state index contributed by atoms with van der Waals surface area (Å²) < 4.78 is 83.2. The first-order valence-corrected chi connectivity index (χ1v) is 43.0. The lowest BCUT2D eigenvalue weighted by Crippen LogP contribution is -2.82. The molecule has 5 saturated heterocycles. The normalized spacial score (nSPS) is 42.6. The van der Waals surface area contributed by atoms with Gasteiger partial charge in [0.15, 0.2) is 0 Å². The minimum absolute atomic E-state index is 0.0313. The van der Waals surface area contributed by atoms with Crippen molar-refractivity contribution in [3.8, 4) is 0 Å². The smallest absolute Gasteiger partial charge is 0.393 e. The highest BCUT2D eigenvalue weighted by Gasteiger charge is 2.79. The standard InChI is InChI=1S/C48H90O12Si8/c49-63(43-29-13-3-14-30-43)51-61(41-25-9-1-10-26-41)52-66(46-35-19-6-20-36-46)56-64(50,44-31-15-4-16-32-44)57-68(48-39-23-8-24-40-48)59-65(55-63,45-33-17-5-18-34-45)53-62(42-27-11-2-12-28-42)54-67(58-66,60-68)47-37-21-7-22-38-47/h41-50H,1-40H2. The molecule has 68 heavy (non-hydrogen) atoms. The fraction of sp³-hybridized carbons (Fsp3) is 1.00.